The van der Waals surface area contributed by atoms with Crippen LogP contribution in [0.4, 0.5) is 0 Å². The molecule has 0 fully saturated rings. The Balaban J connectivity index is 0.616. The van der Waals surface area contributed by atoms with Crippen LogP contribution in [0, 0.1) is 0 Å². The van der Waals surface area contributed by atoms with Crippen molar-refractivity contribution < 1.29 is 13.3 Å². The quantitative estimate of drug-likeness (QED) is 0.144. The predicted molar refractivity (Wildman–Crippen MR) is 455 cm³/mol. The minimum absolute atomic E-state index is 0.641. The lowest BCUT2D eigenvalue weighted by Gasteiger charge is -2.14. The number of aromatic nitrogens is 5. The minimum Gasteiger partial charge on any atom is -0.456 e. The van der Waals surface area contributed by atoms with Gasteiger partial charge >= 0.3 is 0 Å². The normalized spacial score (nSPS) is 12.2. The molecule has 0 aliphatic carbocycles. The maximum Gasteiger partial charge on any atom is 0.160 e. The second kappa shape index (κ2) is 23.3. The number of rotatable bonds is 9. The van der Waals surface area contributed by atoms with E-state index >= 15 is 0 Å². The van der Waals surface area contributed by atoms with Gasteiger partial charge in [0.25, 0.3) is 0 Å². The van der Waals surface area contributed by atoms with E-state index in [-0.39, 0.29) is 0 Å². The Labute approximate surface area is 628 Å². The van der Waals surface area contributed by atoms with Gasteiger partial charge in [-0.1, -0.05) is 200 Å². The minimum atomic E-state index is 0.641. The van der Waals surface area contributed by atoms with E-state index in [4.69, 9.17) is 23.2 Å². The molecule has 0 amide bonds. The van der Waals surface area contributed by atoms with Crippen LogP contribution in [0.5, 0.6) is 0 Å². The average molecular weight is 1400 g/mol. The fourth-order valence-corrected chi connectivity index (χ4v) is 17.7. The van der Waals surface area contributed by atoms with Gasteiger partial charge in [0.05, 0.1) is 44.3 Å². The SMILES string of the molecule is c1ccc2c(c1)oc1cc(-c3ccc4c5ccccc5n(-c5ccc(-c6nc(-c7ccc(-n8c9ccccc9c9ccc(-c%10ccc%11c(c%10)oc%10ccccc%10%11)cc98)cc7)c7cc(-c8ccc9cc(-n%10c%11ccccc%11c%11ccc(-c%12ccc%13c(c%12)oc%12ccccc%12%13)cc%11%10)ccc9c8)ccc7n6)cc5)c4c3)ccc12. The van der Waals surface area contributed by atoms with Gasteiger partial charge in [0.1, 0.15) is 33.5 Å². The lowest BCUT2D eigenvalue weighted by Crippen LogP contribution is -1.98. The first-order chi connectivity index (χ1) is 54.4. The third-order valence-electron chi connectivity index (χ3n) is 23.1. The number of hydrogen-bond donors (Lipinski definition) is 0. The molecule has 0 bridgehead atoms. The van der Waals surface area contributed by atoms with Crippen LogP contribution in [0.3, 0.4) is 0 Å². The van der Waals surface area contributed by atoms with Crippen molar-refractivity contribution in [2.24, 2.45) is 0 Å². The lowest BCUT2D eigenvalue weighted by molar-refractivity contribution is 0.668. The monoisotopic (exact) mass is 1400 g/mol. The molecule has 17 aromatic carbocycles. The van der Waals surface area contributed by atoms with E-state index in [1.54, 1.807) is 0 Å². The Bertz CT molecular complexity index is 8040. The van der Waals surface area contributed by atoms with Gasteiger partial charge in [-0.2, -0.15) is 0 Å². The molecule has 8 heteroatoms. The van der Waals surface area contributed by atoms with E-state index in [9.17, 15) is 0 Å². The van der Waals surface area contributed by atoms with Gasteiger partial charge in [-0.15, -0.1) is 0 Å². The highest BCUT2D eigenvalue weighted by Crippen LogP contribution is 2.44. The fraction of sp³-hybridized carbons (Fsp3) is 0. The van der Waals surface area contributed by atoms with Gasteiger partial charge < -0.3 is 27.0 Å². The molecule has 0 saturated heterocycles. The summed E-state index contributed by atoms with van der Waals surface area (Å²) in [5.41, 5.74) is 27.7. The van der Waals surface area contributed by atoms with E-state index in [0.29, 0.717) is 5.82 Å². The summed E-state index contributed by atoms with van der Waals surface area (Å²) < 4.78 is 26.4. The van der Waals surface area contributed by atoms with Crippen molar-refractivity contribution in [2.75, 3.05) is 0 Å². The van der Waals surface area contributed by atoms with Crippen molar-refractivity contribution in [1.29, 1.82) is 0 Å². The summed E-state index contributed by atoms with van der Waals surface area (Å²) in [5, 5.41) is 17.1. The maximum absolute atomic E-state index is 6.41. The van der Waals surface area contributed by atoms with Gasteiger partial charge in [-0.3, -0.25) is 0 Å². The molecule has 0 spiro atoms. The molecule has 24 aromatic rings. The first-order valence-electron chi connectivity index (χ1n) is 37.4. The number of furan rings is 3. The summed E-state index contributed by atoms with van der Waals surface area (Å²) in [4.78, 5) is 11.1. The maximum atomic E-state index is 6.41. The van der Waals surface area contributed by atoms with E-state index in [0.717, 1.165) is 199 Å². The van der Waals surface area contributed by atoms with Crippen LogP contribution >= 0.6 is 0 Å². The highest BCUT2D eigenvalue weighted by Gasteiger charge is 2.22. The molecule has 510 valence electrons. The first-order valence-corrected chi connectivity index (χ1v) is 37.4. The second-order valence-corrected chi connectivity index (χ2v) is 29.1. The number of para-hydroxylation sites is 6. The molecule has 110 heavy (non-hydrogen) atoms. The summed E-state index contributed by atoms with van der Waals surface area (Å²) in [7, 11) is 0. The molecule has 0 unspecified atom stereocenters. The molecular weight excluding hydrogens is 1340 g/mol. The average Bonchev–Trinajstić information content (AvgIpc) is 1.55. The zero-order valence-corrected chi connectivity index (χ0v) is 59.0. The molecule has 0 saturated carbocycles. The van der Waals surface area contributed by atoms with E-state index < -0.39 is 0 Å². The summed E-state index contributed by atoms with van der Waals surface area (Å²) in [5.74, 6) is 0.641. The van der Waals surface area contributed by atoms with Crippen LogP contribution in [0.15, 0.2) is 371 Å². The number of hydrogen-bond acceptors (Lipinski definition) is 5. The summed E-state index contributed by atoms with van der Waals surface area (Å²) >= 11 is 0. The zero-order chi connectivity index (χ0) is 71.8. The Kier molecular flexibility index (Phi) is 12.8. The van der Waals surface area contributed by atoms with Gasteiger partial charge in [0, 0.05) is 98.2 Å². The zero-order valence-electron chi connectivity index (χ0n) is 59.0. The largest absolute Gasteiger partial charge is 0.456 e. The molecule has 7 aromatic heterocycles. The highest BCUT2D eigenvalue weighted by atomic mass is 16.3. The highest BCUT2D eigenvalue weighted by molar-refractivity contribution is 6.15. The molecule has 0 aliphatic heterocycles. The number of benzene rings is 17. The fourth-order valence-electron chi connectivity index (χ4n) is 17.7. The van der Waals surface area contributed by atoms with Gasteiger partial charge in [0.2, 0.25) is 0 Å². The van der Waals surface area contributed by atoms with Crippen LogP contribution in [0.1, 0.15) is 0 Å². The van der Waals surface area contributed by atoms with Crippen molar-refractivity contribution >= 4 is 153 Å². The van der Waals surface area contributed by atoms with Gasteiger partial charge in [-0.25, -0.2) is 9.97 Å². The Morgan fingerprint density at radius 3 is 0.955 bits per heavy atom. The first kappa shape index (κ1) is 60.4. The molecule has 0 N–H and O–H groups in total. The number of fused-ring (bicyclic) bond motifs is 20. The molecule has 0 aliphatic rings. The standard InChI is InChI=1S/C102H59N5O3/c1-7-19-89-75(13-1)78-44-32-66(69-35-47-84-81-16-4-10-22-95(81)108-98(84)57-69)54-92(78)105(89)72-39-27-60(28-40-72)101-87-53-65(62-25-26-64-52-74(43-31-63(64)51-62)107-91-21-9-3-15-77(91)80-46-34-68(56-94(80)107)71-37-49-86-83-18-6-12-24-97(83)110-100(86)59-71)38-50-88(87)103-102(104-101)61-29-41-73(42-30-61)106-90-20-8-2-14-76(90)79-45-33-67(55-93(79)106)70-36-48-85-82-17-5-11-23-96(82)109-99(85)58-70/h1-59H. The third kappa shape index (κ3) is 9.27. The Hall–Kier alpha value is -14.9. The van der Waals surface area contributed by atoms with Gasteiger partial charge in [0.15, 0.2) is 5.82 Å². The van der Waals surface area contributed by atoms with Crippen molar-refractivity contribution in [1.82, 2.24) is 23.7 Å². The molecular formula is C102H59N5O3. The van der Waals surface area contributed by atoms with Crippen LogP contribution in [-0.4, -0.2) is 23.7 Å². The van der Waals surface area contributed by atoms with Crippen LogP contribution in [0.2, 0.25) is 0 Å². The smallest absolute Gasteiger partial charge is 0.160 e. The molecule has 8 nitrogen and oxygen atoms in total. The van der Waals surface area contributed by atoms with Crippen molar-refractivity contribution in [2.45, 2.75) is 0 Å². The number of nitrogens with zero attached hydrogens (tertiary/aromatic N) is 5. The Morgan fingerprint density at radius 2 is 0.491 bits per heavy atom. The second-order valence-electron chi connectivity index (χ2n) is 29.1. The lowest BCUT2D eigenvalue weighted by atomic mass is 9.97. The van der Waals surface area contributed by atoms with Crippen molar-refractivity contribution in [3.05, 3.63) is 358 Å². The molecule has 0 radical (unpaired) electrons. The van der Waals surface area contributed by atoms with Gasteiger partial charge in [-0.05, 0) is 213 Å². The summed E-state index contributed by atoms with van der Waals surface area (Å²) in [6.07, 6.45) is 0. The third-order valence-corrected chi connectivity index (χ3v) is 23.1. The van der Waals surface area contributed by atoms with E-state index in [1.807, 2.05) is 36.4 Å². The predicted octanol–water partition coefficient (Wildman–Crippen LogP) is 27.8. The summed E-state index contributed by atoms with van der Waals surface area (Å²) in [6, 6.07) is 129. The van der Waals surface area contributed by atoms with E-state index in [2.05, 4.69) is 335 Å². The topological polar surface area (TPSA) is 80.0 Å². The van der Waals surface area contributed by atoms with Crippen LogP contribution in [-0.2, 0) is 0 Å². The van der Waals surface area contributed by atoms with Crippen LogP contribution < -0.4 is 0 Å². The van der Waals surface area contributed by atoms with Crippen LogP contribution in [0.25, 0.3) is 237 Å². The summed E-state index contributed by atoms with van der Waals surface area (Å²) in [6.45, 7) is 0. The molecule has 7 heterocycles. The van der Waals surface area contributed by atoms with Crippen molar-refractivity contribution in [3.63, 3.8) is 0 Å². The van der Waals surface area contributed by atoms with E-state index in [1.165, 1.54) is 32.3 Å². The molecule has 24 rings (SSSR count). The molecule has 0 atom stereocenters. The Morgan fingerprint density at radius 1 is 0.182 bits per heavy atom. The van der Waals surface area contributed by atoms with Crippen molar-refractivity contribution in [3.8, 4) is 84.2 Å².